The summed E-state index contributed by atoms with van der Waals surface area (Å²) in [5.41, 5.74) is 2.23. The van der Waals surface area contributed by atoms with Gasteiger partial charge in [0.2, 0.25) is 0 Å². The van der Waals surface area contributed by atoms with E-state index in [0.29, 0.717) is 37.1 Å². The van der Waals surface area contributed by atoms with Gasteiger partial charge < -0.3 is 20.1 Å². The largest absolute Gasteiger partial charge is 0.490 e. The number of nitrogens with one attached hydrogen (secondary N) is 2. The van der Waals surface area contributed by atoms with Crippen LogP contribution in [0.2, 0.25) is 0 Å². The number of ether oxygens (including phenoxy) is 2. The van der Waals surface area contributed by atoms with Crippen LogP contribution in [0.4, 0.5) is 11.4 Å². The minimum atomic E-state index is 0.440. The minimum absolute atomic E-state index is 0.440. The highest BCUT2D eigenvalue weighted by atomic mass is 16.5. The molecule has 0 fully saturated rings. The lowest BCUT2D eigenvalue weighted by Crippen LogP contribution is -2.21. The van der Waals surface area contributed by atoms with Crippen molar-refractivity contribution in [2.45, 2.75) is 53.6 Å². The molecule has 0 amide bonds. The Kier molecular flexibility index (Phi) is 8.49. The van der Waals surface area contributed by atoms with Gasteiger partial charge >= 0.3 is 0 Å². The maximum atomic E-state index is 5.77. The first-order valence-electron chi connectivity index (χ1n) is 10.3. The molecule has 0 aromatic heterocycles. The number of rotatable bonds is 11. The van der Waals surface area contributed by atoms with Gasteiger partial charge in [0.05, 0.1) is 0 Å². The Morgan fingerprint density at radius 3 is 1.18 bits per heavy atom. The van der Waals surface area contributed by atoms with Crippen molar-refractivity contribution in [2.24, 2.45) is 11.8 Å². The van der Waals surface area contributed by atoms with Gasteiger partial charge in [0.25, 0.3) is 0 Å². The highest BCUT2D eigenvalue weighted by Gasteiger charge is 2.07. The first-order chi connectivity index (χ1) is 13.3. The summed E-state index contributed by atoms with van der Waals surface area (Å²) in [6, 6.07) is 17.1. The molecule has 0 spiro atoms. The van der Waals surface area contributed by atoms with Crippen molar-refractivity contribution in [1.82, 2.24) is 0 Å². The standard InChI is InChI=1S/C24H36N2O2/c1-17(2)19(5)25-21-7-11-23(12-8-21)27-15-16-28-24-13-9-22(10-14-24)26-20(6)18(3)4/h7-14,17-20,25-26H,15-16H2,1-6H3. The molecule has 2 aromatic rings. The van der Waals surface area contributed by atoms with E-state index >= 15 is 0 Å². The molecule has 28 heavy (non-hydrogen) atoms. The summed E-state index contributed by atoms with van der Waals surface area (Å²) in [6.07, 6.45) is 0. The quantitative estimate of drug-likeness (QED) is 0.462. The fraction of sp³-hybridized carbons (Fsp3) is 0.500. The molecular formula is C24H36N2O2. The van der Waals surface area contributed by atoms with E-state index in [1.165, 1.54) is 0 Å². The second kappa shape index (κ2) is 10.8. The van der Waals surface area contributed by atoms with E-state index in [1.807, 2.05) is 24.3 Å². The second-order valence-corrected chi connectivity index (χ2v) is 8.10. The first kappa shape index (κ1) is 21.9. The molecular weight excluding hydrogens is 348 g/mol. The van der Waals surface area contributed by atoms with Crippen molar-refractivity contribution in [1.29, 1.82) is 0 Å². The molecule has 154 valence electrons. The highest BCUT2D eigenvalue weighted by molar-refractivity contribution is 5.47. The van der Waals surface area contributed by atoms with Crippen LogP contribution in [0.3, 0.4) is 0 Å². The maximum Gasteiger partial charge on any atom is 0.122 e. The third-order valence-corrected chi connectivity index (χ3v) is 5.12. The molecule has 0 heterocycles. The molecule has 0 aliphatic heterocycles. The fourth-order valence-corrected chi connectivity index (χ4v) is 2.47. The summed E-state index contributed by atoms with van der Waals surface area (Å²) in [5, 5.41) is 6.99. The van der Waals surface area contributed by atoms with Crippen LogP contribution < -0.4 is 20.1 Å². The van der Waals surface area contributed by atoms with Crippen LogP contribution in [-0.2, 0) is 0 Å². The lowest BCUT2D eigenvalue weighted by molar-refractivity contribution is 0.217. The topological polar surface area (TPSA) is 42.5 Å². The molecule has 0 saturated carbocycles. The predicted molar refractivity (Wildman–Crippen MR) is 120 cm³/mol. The zero-order chi connectivity index (χ0) is 20.5. The normalized spacial score (nSPS) is 13.3. The van der Waals surface area contributed by atoms with Crippen molar-refractivity contribution in [3.8, 4) is 11.5 Å². The molecule has 0 saturated heterocycles. The lowest BCUT2D eigenvalue weighted by atomic mass is 10.1. The van der Waals surface area contributed by atoms with Crippen LogP contribution in [-0.4, -0.2) is 25.3 Å². The Morgan fingerprint density at radius 2 is 0.893 bits per heavy atom. The molecule has 2 N–H and O–H groups in total. The van der Waals surface area contributed by atoms with Crippen molar-refractivity contribution in [3.05, 3.63) is 48.5 Å². The molecule has 4 nitrogen and oxygen atoms in total. The van der Waals surface area contributed by atoms with Gasteiger partial charge in [0.1, 0.15) is 24.7 Å². The van der Waals surface area contributed by atoms with Gasteiger partial charge in [-0.2, -0.15) is 0 Å². The molecule has 2 rings (SSSR count). The number of hydrogen-bond acceptors (Lipinski definition) is 4. The summed E-state index contributed by atoms with van der Waals surface area (Å²) >= 11 is 0. The zero-order valence-corrected chi connectivity index (χ0v) is 18.2. The van der Waals surface area contributed by atoms with E-state index in [0.717, 1.165) is 22.9 Å². The second-order valence-electron chi connectivity index (χ2n) is 8.10. The third-order valence-electron chi connectivity index (χ3n) is 5.12. The van der Waals surface area contributed by atoms with Gasteiger partial charge in [-0.1, -0.05) is 27.7 Å². The van der Waals surface area contributed by atoms with Crippen molar-refractivity contribution in [3.63, 3.8) is 0 Å². The minimum Gasteiger partial charge on any atom is -0.490 e. The Morgan fingerprint density at radius 1 is 0.571 bits per heavy atom. The molecule has 0 aliphatic carbocycles. The highest BCUT2D eigenvalue weighted by Crippen LogP contribution is 2.19. The van der Waals surface area contributed by atoms with Crippen LogP contribution in [0.1, 0.15) is 41.5 Å². The molecule has 0 aliphatic rings. The van der Waals surface area contributed by atoms with E-state index < -0.39 is 0 Å². The smallest absolute Gasteiger partial charge is 0.122 e. The van der Waals surface area contributed by atoms with E-state index in [9.17, 15) is 0 Å². The van der Waals surface area contributed by atoms with Crippen molar-refractivity contribution < 1.29 is 9.47 Å². The summed E-state index contributed by atoms with van der Waals surface area (Å²) in [6.45, 7) is 14.3. The molecule has 4 heteroatoms. The summed E-state index contributed by atoms with van der Waals surface area (Å²) in [4.78, 5) is 0. The van der Waals surface area contributed by atoms with Crippen molar-refractivity contribution in [2.75, 3.05) is 23.8 Å². The van der Waals surface area contributed by atoms with Crippen LogP contribution >= 0.6 is 0 Å². The summed E-state index contributed by atoms with van der Waals surface area (Å²) in [7, 11) is 0. The van der Waals surface area contributed by atoms with E-state index in [-0.39, 0.29) is 0 Å². The van der Waals surface area contributed by atoms with Crippen molar-refractivity contribution >= 4 is 11.4 Å². The van der Waals surface area contributed by atoms with Crippen LogP contribution in [0.5, 0.6) is 11.5 Å². The number of benzene rings is 2. The molecule has 2 atom stereocenters. The molecule has 2 unspecified atom stereocenters. The van der Waals surface area contributed by atoms with Gasteiger partial charge in [-0.25, -0.2) is 0 Å². The average Bonchev–Trinajstić information content (AvgIpc) is 2.67. The molecule has 2 aromatic carbocycles. The Bertz CT molecular complexity index is 619. The first-order valence-corrected chi connectivity index (χ1v) is 10.3. The van der Waals surface area contributed by atoms with Gasteiger partial charge in [0.15, 0.2) is 0 Å². The Labute approximate surface area is 170 Å². The van der Waals surface area contributed by atoms with E-state index in [2.05, 4.69) is 76.4 Å². The fourth-order valence-electron chi connectivity index (χ4n) is 2.47. The average molecular weight is 385 g/mol. The summed E-state index contributed by atoms with van der Waals surface area (Å²) < 4.78 is 11.5. The summed E-state index contributed by atoms with van der Waals surface area (Å²) in [5.74, 6) is 2.90. The van der Waals surface area contributed by atoms with Crippen LogP contribution in [0.25, 0.3) is 0 Å². The Hall–Kier alpha value is -2.36. The number of anilines is 2. The molecule has 0 radical (unpaired) electrons. The monoisotopic (exact) mass is 384 g/mol. The Balaban J connectivity index is 1.71. The predicted octanol–water partition coefficient (Wildman–Crippen LogP) is 6.06. The van der Waals surface area contributed by atoms with Crippen LogP contribution in [0.15, 0.2) is 48.5 Å². The van der Waals surface area contributed by atoms with Gasteiger partial charge in [-0.3, -0.25) is 0 Å². The van der Waals surface area contributed by atoms with Gasteiger partial charge in [-0.05, 0) is 74.2 Å². The zero-order valence-electron chi connectivity index (χ0n) is 18.2. The van der Waals surface area contributed by atoms with Gasteiger partial charge in [-0.15, -0.1) is 0 Å². The SMILES string of the molecule is CC(C)C(C)Nc1ccc(OCCOc2ccc(NC(C)C(C)C)cc2)cc1. The van der Waals surface area contributed by atoms with E-state index in [1.54, 1.807) is 0 Å². The van der Waals surface area contributed by atoms with E-state index in [4.69, 9.17) is 9.47 Å². The lowest BCUT2D eigenvalue weighted by Gasteiger charge is -2.19. The van der Waals surface area contributed by atoms with Gasteiger partial charge in [0, 0.05) is 23.5 Å². The molecule has 0 bridgehead atoms. The third kappa shape index (κ3) is 7.34. The van der Waals surface area contributed by atoms with Crippen LogP contribution in [0, 0.1) is 11.8 Å². The maximum absolute atomic E-state index is 5.77. The number of hydrogen-bond donors (Lipinski definition) is 2.